The average molecular weight is 250 g/mol. The van der Waals surface area contributed by atoms with Crippen molar-refractivity contribution in [2.75, 3.05) is 0 Å². The molecule has 0 saturated heterocycles. The molecule has 3 aromatic rings. The Labute approximate surface area is 99.7 Å². The second-order valence-corrected chi connectivity index (χ2v) is 3.66. The minimum atomic E-state index is -0.659. The van der Waals surface area contributed by atoms with Gasteiger partial charge in [-0.2, -0.15) is 5.10 Å². The van der Waals surface area contributed by atoms with Crippen LogP contribution in [-0.4, -0.2) is 25.1 Å². The smallest absolute Gasteiger partial charge is 0.182 e. The number of hydrogen-bond acceptors (Lipinski definition) is 4. The number of aromatic nitrogens is 5. The van der Waals surface area contributed by atoms with Gasteiger partial charge in [-0.05, 0) is 12.1 Å². The van der Waals surface area contributed by atoms with Crippen LogP contribution in [0.5, 0.6) is 0 Å². The highest BCUT2D eigenvalue weighted by atomic mass is 35.5. The van der Waals surface area contributed by atoms with Gasteiger partial charge in [-0.1, -0.05) is 11.6 Å². The summed E-state index contributed by atoms with van der Waals surface area (Å²) in [6.45, 7) is 0. The number of fused-ring (bicyclic) bond motifs is 1. The predicted molar refractivity (Wildman–Crippen MR) is 59.9 cm³/mol. The van der Waals surface area contributed by atoms with Crippen molar-refractivity contribution in [3.05, 3.63) is 35.5 Å². The third-order valence-electron chi connectivity index (χ3n) is 2.25. The molecule has 0 unspecified atom stereocenters. The maximum absolute atomic E-state index is 13.0. The number of pyridine rings is 1. The second-order valence-electron chi connectivity index (χ2n) is 3.30. The second kappa shape index (κ2) is 3.74. The summed E-state index contributed by atoms with van der Waals surface area (Å²) in [5.41, 5.74) is 1.11. The fraction of sp³-hybridized carbons (Fsp3) is 0. The molecule has 0 spiro atoms. The minimum absolute atomic E-state index is 0.227. The van der Waals surface area contributed by atoms with Crippen molar-refractivity contribution < 1.29 is 4.39 Å². The van der Waals surface area contributed by atoms with Crippen LogP contribution < -0.4 is 0 Å². The van der Waals surface area contributed by atoms with Crippen LogP contribution in [0.25, 0.3) is 22.6 Å². The molecule has 3 rings (SSSR count). The lowest BCUT2D eigenvalue weighted by Crippen LogP contribution is -1.92. The van der Waals surface area contributed by atoms with E-state index in [4.69, 9.17) is 11.6 Å². The van der Waals surface area contributed by atoms with E-state index in [9.17, 15) is 4.39 Å². The number of nitrogens with zero attached hydrogens (tertiary/aromatic N) is 4. The zero-order chi connectivity index (χ0) is 11.8. The van der Waals surface area contributed by atoms with Gasteiger partial charge < -0.3 is 0 Å². The Balaban J connectivity index is 2.24. The predicted octanol–water partition coefficient (Wildman–Crippen LogP) is 2.21. The van der Waals surface area contributed by atoms with E-state index in [0.29, 0.717) is 11.3 Å². The lowest BCUT2D eigenvalue weighted by atomic mass is 10.2. The molecule has 17 heavy (non-hydrogen) atoms. The molecule has 5 nitrogen and oxygen atoms in total. The van der Waals surface area contributed by atoms with Gasteiger partial charge in [0, 0.05) is 6.20 Å². The van der Waals surface area contributed by atoms with E-state index in [-0.39, 0.29) is 11.0 Å². The Morgan fingerprint density at radius 3 is 3.00 bits per heavy atom. The molecular weight excluding hydrogens is 245 g/mol. The van der Waals surface area contributed by atoms with E-state index < -0.39 is 5.82 Å². The van der Waals surface area contributed by atoms with E-state index >= 15 is 0 Å². The summed E-state index contributed by atoms with van der Waals surface area (Å²) in [7, 11) is 0. The molecule has 0 atom stereocenters. The SMILES string of the molecule is Fc1cnc(-c2n[nH]c3ncccc23)nc1Cl. The fourth-order valence-corrected chi connectivity index (χ4v) is 1.61. The van der Waals surface area contributed by atoms with Gasteiger partial charge >= 0.3 is 0 Å². The summed E-state index contributed by atoms with van der Waals surface area (Å²) in [6.07, 6.45) is 2.66. The maximum atomic E-state index is 13.0. The van der Waals surface area contributed by atoms with Gasteiger partial charge in [-0.15, -0.1) is 0 Å². The summed E-state index contributed by atoms with van der Waals surface area (Å²) in [6, 6.07) is 3.59. The third-order valence-corrected chi connectivity index (χ3v) is 2.51. The first-order chi connectivity index (χ1) is 8.25. The molecule has 0 fully saturated rings. The summed E-state index contributed by atoms with van der Waals surface area (Å²) in [5, 5.41) is 7.32. The van der Waals surface area contributed by atoms with Gasteiger partial charge in [0.1, 0.15) is 5.69 Å². The summed E-state index contributed by atoms with van der Waals surface area (Å²) < 4.78 is 13.0. The molecule has 3 aromatic heterocycles. The minimum Gasteiger partial charge on any atom is -0.260 e. The van der Waals surface area contributed by atoms with Crippen molar-refractivity contribution >= 4 is 22.6 Å². The van der Waals surface area contributed by atoms with Crippen LogP contribution in [-0.2, 0) is 0 Å². The number of halogens is 2. The Kier molecular flexibility index (Phi) is 2.22. The van der Waals surface area contributed by atoms with Crippen LogP contribution >= 0.6 is 11.6 Å². The quantitative estimate of drug-likeness (QED) is 0.672. The number of hydrogen-bond donors (Lipinski definition) is 1. The number of H-pyrrole nitrogens is 1. The normalized spacial score (nSPS) is 10.9. The van der Waals surface area contributed by atoms with Gasteiger partial charge in [-0.3, -0.25) is 5.10 Å². The van der Waals surface area contributed by atoms with Gasteiger partial charge in [0.05, 0.1) is 11.6 Å². The Bertz CT molecular complexity index is 696. The standard InChI is InChI=1S/C10H5ClFN5/c11-8-6(12)4-14-10(15-8)7-5-2-1-3-13-9(5)17-16-7/h1-4H,(H,13,16,17). The molecule has 3 heterocycles. The van der Waals surface area contributed by atoms with Gasteiger partial charge in [0.2, 0.25) is 0 Å². The molecule has 0 saturated carbocycles. The molecular formula is C10H5ClFN5. The Morgan fingerprint density at radius 2 is 2.18 bits per heavy atom. The van der Waals surface area contributed by atoms with Crippen molar-refractivity contribution in [1.82, 2.24) is 25.1 Å². The molecule has 1 N–H and O–H groups in total. The monoisotopic (exact) mass is 249 g/mol. The first-order valence-corrected chi connectivity index (χ1v) is 5.11. The maximum Gasteiger partial charge on any atom is 0.182 e. The van der Waals surface area contributed by atoms with Crippen LogP contribution in [0.15, 0.2) is 24.5 Å². The average Bonchev–Trinajstić information content (AvgIpc) is 2.76. The molecule has 0 aliphatic rings. The highest BCUT2D eigenvalue weighted by Crippen LogP contribution is 2.23. The Hall–Kier alpha value is -2.08. The van der Waals surface area contributed by atoms with Gasteiger partial charge in [0.15, 0.2) is 22.4 Å². The highest BCUT2D eigenvalue weighted by molar-refractivity contribution is 6.29. The van der Waals surface area contributed by atoms with Gasteiger partial charge in [-0.25, -0.2) is 19.3 Å². The van der Waals surface area contributed by atoms with E-state index in [0.717, 1.165) is 11.6 Å². The summed E-state index contributed by atoms with van der Waals surface area (Å²) in [4.78, 5) is 11.8. The largest absolute Gasteiger partial charge is 0.260 e. The lowest BCUT2D eigenvalue weighted by Gasteiger charge is -1.97. The number of rotatable bonds is 1. The van der Waals surface area contributed by atoms with E-state index in [2.05, 4.69) is 25.1 Å². The highest BCUT2D eigenvalue weighted by Gasteiger charge is 2.13. The molecule has 0 aliphatic heterocycles. The Morgan fingerprint density at radius 1 is 1.29 bits per heavy atom. The summed E-state index contributed by atoms with van der Waals surface area (Å²) >= 11 is 5.60. The third kappa shape index (κ3) is 1.62. The van der Waals surface area contributed by atoms with Gasteiger partial charge in [0.25, 0.3) is 0 Å². The number of nitrogens with one attached hydrogen (secondary N) is 1. The lowest BCUT2D eigenvalue weighted by molar-refractivity contribution is 0.614. The van der Waals surface area contributed by atoms with E-state index in [1.54, 1.807) is 12.3 Å². The van der Waals surface area contributed by atoms with Crippen molar-refractivity contribution in [3.8, 4) is 11.5 Å². The summed E-state index contributed by atoms with van der Waals surface area (Å²) in [5.74, 6) is -0.399. The van der Waals surface area contributed by atoms with Crippen molar-refractivity contribution in [1.29, 1.82) is 0 Å². The van der Waals surface area contributed by atoms with Crippen LogP contribution in [0.2, 0.25) is 5.15 Å². The van der Waals surface area contributed by atoms with Crippen LogP contribution in [0, 0.1) is 5.82 Å². The first-order valence-electron chi connectivity index (χ1n) is 4.73. The van der Waals surface area contributed by atoms with Crippen LogP contribution in [0.1, 0.15) is 0 Å². The molecule has 0 radical (unpaired) electrons. The topological polar surface area (TPSA) is 67.3 Å². The van der Waals surface area contributed by atoms with Crippen LogP contribution in [0.4, 0.5) is 4.39 Å². The molecule has 0 aromatic carbocycles. The molecule has 84 valence electrons. The molecule has 0 aliphatic carbocycles. The molecule has 7 heteroatoms. The fourth-order valence-electron chi connectivity index (χ4n) is 1.49. The first kappa shape index (κ1) is 10.1. The zero-order valence-corrected chi connectivity index (χ0v) is 9.11. The van der Waals surface area contributed by atoms with Crippen molar-refractivity contribution in [2.24, 2.45) is 0 Å². The molecule has 0 bridgehead atoms. The zero-order valence-electron chi connectivity index (χ0n) is 8.35. The van der Waals surface area contributed by atoms with Crippen molar-refractivity contribution in [2.45, 2.75) is 0 Å². The van der Waals surface area contributed by atoms with E-state index in [1.165, 1.54) is 0 Å². The number of aromatic amines is 1. The van der Waals surface area contributed by atoms with Crippen LogP contribution in [0.3, 0.4) is 0 Å². The molecule has 0 amide bonds. The van der Waals surface area contributed by atoms with E-state index in [1.807, 2.05) is 6.07 Å². The van der Waals surface area contributed by atoms with Crippen molar-refractivity contribution in [3.63, 3.8) is 0 Å².